The Bertz CT molecular complexity index is 1040. The summed E-state index contributed by atoms with van der Waals surface area (Å²) in [6, 6.07) is 0.877. The number of carbonyl (C=O) groups excluding carboxylic acids is 6. The maximum absolute atomic E-state index is 12.5. The summed E-state index contributed by atoms with van der Waals surface area (Å²) in [4.78, 5) is 67.3. The SMILES string of the molecule is C.C.CCOC(=O)C1(C(=O)OCC)C[Si](C)(C)O[Si](C)(C)C1.CCOC(=O)CC(=O)OCC.CCOC(=O)[CH-]C(=O)OCC.C[Si](C)(CCl)O[Si](C)(C)CCl.[H-].[Na+].[Na+]. The molecular weight excluding hydrogens is 874 g/mol. The number of hydrogen-bond acceptors (Lipinski definition) is 14. The summed E-state index contributed by atoms with van der Waals surface area (Å²) < 4.78 is 40.5. The Kier molecular flexibility index (Phi) is 46.1. The molecule has 1 fully saturated rings. The summed E-state index contributed by atoms with van der Waals surface area (Å²) >= 11 is 11.5. The average molecular weight is 948 g/mol. The number of hydrogen-bond donors (Lipinski definition) is 0. The van der Waals surface area contributed by atoms with Gasteiger partial charge in [0, 0.05) is 11.0 Å². The van der Waals surface area contributed by atoms with E-state index in [2.05, 4.69) is 45.1 Å². The van der Waals surface area contributed by atoms with Gasteiger partial charge in [-0.25, -0.2) is 0 Å². The van der Waals surface area contributed by atoms with Gasteiger partial charge in [0.25, 0.3) is 0 Å². The zero-order valence-corrected chi connectivity index (χ0v) is 45.8. The summed E-state index contributed by atoms with van der Waals surface area (Å²) in [5, 5.41) is 0. The second-order valence-corrected chi connectivity index (χ2v) is 32.4. The van der Waals surface area contributed by atoms with Crippen molar-refractivity contribution in [3.8, 4) is 0 Å². The number of ether oxygens (including phenoxy) is 6. The molecule has 0 saturated carbocycles. The van der Waals surface area contributed by atoms with Crippen LogP contribution in [0.25, 0.3) is 0 Å². The van der Waals surface area contributed by atoms with Crippen molar-refractivity contribution in [1.29, 1.82) is 0 Å². The minimum Gasteiger partial charge on any atom is -1.00 e. The van der Waals surface area contributed by atoms with E-state index in [1.165, 1.54) is 0 Å². The molecule has 0 N–H and O–H groups in total. The zero-order chi connectivity index (χ0) is 42.1. The van der Waals surface area contributed by atoms with E-state index < -0.39 is 74.5 Å². The predicted molar refractivity (Wildman–Crippen MR) is 229 cm³/mol. The molecule has 0 radical (unpaired) electrons. The van der Waals surface area contributed by atoms with Gasteiger partial charge in [0.05, 0.1) is 39.6 Å². The van der Waals surface area contributed by atoms with Crippen molar-refractivity contribution in [3.63, 3.8) is 0 Å². The molecule has 0 bridgehead atoms. The number of carbonyl (C=O) groups is 6. The Labute approximate surface area is 404 Å². The monoisotopic (exact) mass is 946 g/mol. The molecule has 0 unspecified atom stereocenters. The third-order valence-corrected chi connectivity index (χ3v) is 23.1. The van der Waals surface area contributed by atoms with Crippen LogP contribution in [0.3, 0.4) is 0 Å². The Morgan fingerprint density at radius 3 is 1.12 bits per heavy atom. The molecule has 0 amide bonds. The van der Waals surface area contributed by atoms with Gasteiger partial charge in [-0.2, -0.15) is 6.42 Å². The topological polar surface area (TPSA) is 176 Å². The van der Waals surface area contributed by atoms with Gasteiger partial charge in [0.1, 0.15) is 6.42 Å². The molecule has 1 saturated heterocycles. The first-order chi connectivity index (χ1) is 24.3. The molecule has 14 nitrogen and oxygen atoms in total. The first-order valence-corrected chi connectivity index (χ1v) is 31.2. The second-order valence-electron chi connectivity index (χ2n) is 13.8. The van der Waals surface area contributed by atoms with Gasteiger partial charge >= 0.3 is 83.0 Å². The van der Waals surface area contributed by atoms with E-state index in [9.17, 15) is 28.8 Å². The molecule has 1 aliphatic heterocycles. The number of esters is 6. The van der Waals surface area contributed by atoms with Crippen molar-refractivity contribution >= 4 is 92.3 Å². The van der Waals surface area contributed by atoms with E-state index in [0.29, 0.717) is 23.1 Å². The molecule has 22 heteroatoms. The van der Waals surface area contributed by atoms with Crippen LogP contribution >= 0.6 is 23.2 Å². The normalized spacial score (nSPS) is 14.0. The zero-order valence-electron chi connectivity index (χ0n) is 37.3. The van der Waals surface area contributed by atoms with E-state index >= 15 is 0 Å². The smallest absolute Gasteiger partial charge is 1.00 e. The van der Waals surface area contributed by atoms with Gasteiger partial charge in [-0.1, -0.05) is 14.9 Å². The van der Waals surface area contributed by atoms with Crippen LogP contribution in [0.1, 0.15) is 64.2 Å². The minimum atomic E-state index is -2.08. The molecule has 0 spiro atoms. The third kappa shape index (κ3) is 35.4. The minimum absolute atomic E-state index is 0. The fraction of sp³-hybridized carbons (Fsp3) is 0.800. The second kappa shape index (κ2) is 36.7. The van der Waals surface area contributed by atoms with Crippen molar-refractivity contribution in [3.05, 3.63) is 6.42 Å². The van der Waals surface area contributed by atoms with Crippen LogP contribution in [-0.2, 0) is 65.4 Å². The summed E-state index contributed by atoms with van der Waals surface area (Å²) in [6.45, 7) is 28.5. The maximum Gasteiger partial charge on any atom is 1.00 e. The van der Waals surface area contributed by atoms with E-state index in [-0.39, 0.29) is 121 Å². The van der Waals surface area contributed by atoms with Gasteiger partial charge in [-0.05, 0) is 106 Å². The van der Waals surface area contributed by atoms with Crippen LogP contribution < -0.4 is 59.1 Å². The summed E-state index contributed by atoms with van der Waals surface area (Å²) in [5.41, 5.74) is 0.149. The van der Waals surface area contributed by atoms with Crippen LogP contribution in [0, 0.1) is 11.8 Å². The Morgan fingerprint density at radius 2 is 0.877 bits per heavy atom. The largest absolute Gasteiger partial charge is 1.00 e. The van der Waals surface area contributed by atoms with Crippen LogP contribution in [0.2, 0.25) is 64.5 Å². The average Bonchev–Trinajstić information content (AvgIpc) is 3.00. The van der Waals surface area contributed by atoms with Crippen LogP contribution in [0.15, 0.2) is 0 Å². The quantitative estimate of drug-likeness (QED) is 0.0546. The summed E-state index contributed by atoms with van der Waals surface area (Å²) in [5.74, 6) is -3.28. The summed E-state index contributed by atoms with van der Waals surface area (Å²) in [7, 11) is -7.35. The van der Waals surface area contributed by atoms with E-state index in [1.54, 1.807) is 41.5 Å². The van der Waals surface area contributed by atoms with Crippen LogP contribution in [0.4, 0.5) is 0 Å². The molecule has 330 valence electrons. The van der Waals surface area contributed by atoms with Gasteiger partial charge in [-0.3, -0.25) is 28.8 Å². The standard InChI is InChI=1S/C13H26O5Si2.C7H12O4.C7H11O4.C6H16Cl2OSi2.2CH4.2Na.H/c1-7-16-11(14)13(12(15)17-8-2)9-19(3,4)18-20(5,6)10-13;2*1-3-10-6(8)5-7(9)11-4-2;1-10(2,5-7)9-11(3,4)6-8;;;;;/h7-10H2,1-6H3;3-5H2,1-2H3;5H,3-4H2,1-2H3;5-6H2,1-4H3;2*1H4;;;/q;;-1;;;;2*+1;-1. The van der Waals surface area contributed by atoms with Crippen LogP contribution in [0.5, 0.6) is 0 Å². The van der Waals surface area contributed by atoms with Gasteiger partial charge in [0.15, 0.2) is 50.6 Å². The molecule has 1 rings (SSSR count). The number of rotatable bonds is 16. The Hall–Kier alpha value is 0.0575. The number of alkyl halides is 2. The molecule has 0 aromatic carbocycles. The molecule has 0 aliphatic carbocycles. The summed E-state index contributed by atoms with van der Waals surface area (Å²) in [6.07, 6.45) is 0.495. The van der Waals surface area contributed by atoms with E-state index in [0.717, 1.165) is 6.42 Å². The molecule has 1 aliphatic rings. The van der Waals surface area contributed by atoms with Crippen LogP contribution in [-0.4, -0.2) is 120 Å². The molecule has 0 aromatic heterocycles. The fourth-order valence-electron chi connectivity index (χ4n) is 5.06. The predicted octanol–water partition coefficient (Wildman–Crippen LogP) is 1.72. The first kappa shape index (κ1) is 71.6. The molecule has 0 aromatic rings. The van der Waals surface area contributed by atoms with Crippen molar-refractivity contribution < 1.29 is 126 Å². The maximum atomic E-state index is 12.5. The third-order valence-electron chi connectivity index (χ3n) is 6.24. The first-order valence-electron chi connectivity index (χ1n) is 17.7. The van der Waals surface area contributed by atoms with E-state index in [1.807, 2.05) is 26.2 Å². The van der Waals surface area contributed by atoms with Crippen molar-refractivity contribution in [1.82, 2.24) is 0 Å². The van der Waals surface area contributed by atoms with Crippen molar-refractivity contribution in [2.75, 3.05) is 50.6 Å². The van der Waals surface area contributed by atoms with Gasteiger partial charge in [-0.15, -0.1) is 23.2 Å². The fourth-order valence-corrected chi connectivity index (χ4v) is 23.0. The molecule has 0 atom stereocenters. The molecule has 1 heterocycles. The Morgan fingerprint density at radius 1 is 0.596 bits per heavy atom. The Balaban J connectivity index is -0.0000000971. The molecular formula is C35H74Cl2Na2O14Si4. The van der Waals surface area contributed by atoms with Crippen molar-refractivity contribution in [2.24, 2.45) is 5.41 Å². The molecule has 57 heavy (non-hydrogen) atoms. The van der Waals surface area contributed by atoms with Gasteiger partial charge < -0.3 is 38.1 Å². The van der Waals surface area contributed by atoms with Gasteiger partial charge in [0.2, 0.25) is 0 Å². The van der Waals surface area contributed by atoms with E-state index in [4.69, 9.17) is 40.9 Å². The van der Waals surface area contributed by atoms with Crippen molar-refractivity contribution in [2.45, 2.75) is 127 Å². The number of halogens is 2.